The van der Waals surface area contributed by atoms with Crippen LogP contribution in [0.3, 0.4) is 0 Å². The Morgan fingerprint density at radius 3 is 2.15 bits per heavy atom. The second kappa shape index (κ2) is 14.1. The van der Waals surface area contributed by atoms with E-state index in [4.69, 9.17) is 0 Å². The average Bonchev–Trinajstić information content (AvgIpc) is 3.00. The van der Waals surface area contributed by atoms with E-state index in [1.54, 1.807) is 0 Å². The van der Waals surface area contributed by atoms with Crippen LogP contribution in [-0.4, -0.2) is 10.2 Å². The third kappa shape index (κ3) is 6.74. The maximum atomic E-state index is 4.06. The van der Waals surface area contributed by atoms with Gasteiger partial charge in [0, 0.05) is 5.39 Å². The normalized spacial score (nSPS) is 8.60. The van der Waals surface area contributed by atoms with E-state index >= 15 is 0 Å². The van der Waals surface area contributed by atoms with Crippen molar-refractivity contribution in [3.8, 4) is 0 Å². The molecule has 116 valence electrons. The fourth-order valence-corrected chi connectivity index (χ4v) is 1.84. The first-order chi connectivity index (χ1) is 9.81. The van der Waals surface area contributed by atoms with Gasteiger partial charge in [0.15, 0.2) is 0 Å². The summed E-state index contributed by atoms with van der Waals surface area (Å²) in [7, 11) is 0. The lowest BCUT2D eigenvalue weighted by atomic mass is 10.0. The van der Waals surface area contributed by atoms with Crippen LogP contribution in [0.2, 0.25) is 0 Å². The van der Waals surface area contributed by atoms with Gasteiger partial charge in [0.2, 0.25) is 0 Å². The summed E-state index contributed by atoms with van der Waals surface area (Å²) in [5.41, 5.74) is 3.90. The van der Waals surface area contributed by atoms with Crippen LogP contribution >= 0.6 is 0 Å². The fraction of sp³-hybridized carbons (Fsp3) is 0.611. The van der Waals surface area contributed by atoms with Gasteiger partial charge in [-0.05, 0) is 37.0 Å². The smallest absolute Gasteiger partial charge is 0.0679 e. The standard InChI is InChI=1S/C12H16N2.3C2H6/c1-3-4-5-10-6-9(2)12-11(7-10)8-13-14-12;3*1-2/h6-8H,3-5H2,1-2H3,(H,13,14);3*1-2H3. The van der Waals surface area contributed by atoms with Crippen LogP contribution in [0.1, 0.15) is 72.4 Å². The molecule has 1 aromatic heterocycles. The van der Waals surface area contributed by atoms with Gasteiger partial charge in [0.05, 0.1) is 11.7 Å². The van der Waals surface area contributed by atoms with Crippen molar-refractivity contribution in [2.75, 3.05) is 0 Å². The van der Waals surface area contributed by atoms with Gasteiger partial charge < -0.3 is 0 Å². The summed E-state index contributed by atoms with van der Waals surface area (Å²) in [4.78, 5) is 0. The Labute approximate surface area is 126 Å². The van der Waals surface area contributed by atoms with Crippen LogP contribution in [0.4, 0.5) is 0 Å². The van der Waals surface area contributed by atoms with Crippen molar-refractivity contribution in [2.45, 2.75) is 74.7 Å². The Balaban J connectivity index is 0. The van der Waals surface area contributed by atoms with Crippen molar-refractivity contribution in [1.82, 2.24) is 10.2 Å². The van der Waals surface area contributed by atoms with Crippen LogP contribution < -0.4 is 0 Å². The third-order valence-corrected chi connectivity index (χ3v) is 2.62. The number of aromatic nitrogens is 2. The predicted molar refractivity (Wildman–Crippen MR) is 93.5 cm³/mol. The van der Waals surface area contributed by atoms with Gasteiger partial charge in [-0.2, -0.15) is 5.10 Å². The zero-order chi connectivity index (χ0) is 16.0. The first-order valence-corrected chi connectivity index (χ1v) is 8.24. The SMILES string of the molecule is CC.CC.CC.CCCCc1cc(C)c2[nH]ncc2c1. The Hall–Kier alpha value is -1.31. The average molecular weight is 278 g/mol. The number of H-pyrrole nitrogens is 1. The molecule has 1 aromatic carbocycles. The van der Waals surface area contributed by atoms with Gasteiger partial charge in [0.1, 0.15) is 0 Å². The molecule has 1 heterocycles. The molecule has 2 nitrogen and oxygen atoms in total. The predicted octanol–water partition coefficient (Wildman–Crippen LogP) is 6.29. The summed E-state index contributed by atoms with van der Waals surface area (Å²) < 4.78 is 0. The van der Waals surface area contributed by atoms with Gasteiger partial charge >= 0.3 is 0 Å². The molecule has 0 radical (unpaired) electrons. The number of hydrogen-bond acceptors (Lipinski definition) is 1. The van der Waals surface area contributed by atoms with E-state index in [2.05, 4.69) is 36.2 Å². The largest absolute Gasteiger partial charge is 0.278 e. The zero-order valence-corrected chi connectivity index (χ0v) is 14.8. The van der Waals surface area contributed by atoms with Gasteiger partial charge in [-0.15, -0.1) is 0 Å². The van der Waals surface area contributed by atoms with E-state index in [0.717, 1.165) is 0 Å². The minimum Gasteiger partial charge on any atom is -0.278 e. The third-order valence-electron chi connectivity index (χ3n) is 2.62. The lowest BCUT2D eigenvalue weighted by Gasteiger charge is -2.02. The molecule has 0 spiro atoms. The Morgan fingerprint density at radius 2 is 1.60 bits per heavy atom. The molecular weight excluding hydrogens is 244 g/mol. The summed E-state index contributed by atoms with van der Waals surface area (Å²) in [6.45, 7) is 16.4. The van der Waals surface area contributed by atoms with E-state index < -0.39 is 0 Å². The topological polar surface area (TPSA) is 28.7 Å². The molecule has 0 fully saturated rings. The molecule has 0 saturated carbocycles. The van der Waals surface area contributed by atoms with Gasteiger partial charge in [-0.25, -0.2) is 0 Å². The molecule has 2 aromatic rings. The molecule has 1 N–H and O–H groups in total. The molecule has 0 aliphatic rings. The molecule has 0 aliphatic heterocycles. The van der Waals surface area contributed by atoms with Crippen LogP contribution in [0.25, 0.3) is 10.9 Å². The minimum atomic E-state index is 1.17. The van der Waals surface area contributed by atoms with Gasteiger partial charge in [0.25, 0.3) is 0 Å². The highest BCUT2D eigenvalue weighted by molar-refractivity contribution is 5.81. The van der Waals surface area contributed by atoms with E-state index in [0.29, 0.717) is 0 Å². The molecule has 0 unspecified atom stereocenters. The molecule has 0 aliphatic carbocycles. The monoisotopic (exact) mass is 278 g/mol. The Morgan fingerprint density at radius 1 is 1.00 bits per heavy atom. The summed E-state index contributed by atoms with van der Waals surface area (Å²) >= 11 is 0. The summed E-state index contributed by atoms with van der Waals surface area (Å²) in [5.74, 6) is 0. The quantitative estimate of drug-likeness (QED) is 0.702. The van der Waals surface area contributed by atoms with Crippen molar-refractivity contribution in [1.29, 1.82) is 0 Å². The lowest BCUT2D eigenvalue weighted by Crippen LogP contribution is -1.86. The minimum absolute atomic E-state index is 1.17. The highest BCUT2D eigenvalue weighted by atomic mass is 15.1. The number of benzene rings is 1. The van der Waals surface area contributed by atoms with E-state index in [-0.39, 0.29) is 0 Å². The molecule has 0 atom stereocenters. The van der Waals surface area contributed by atoms with Crippen molar-refractivity contribution in [3.05, 3.63) is 29.5 Å². The van der Waals surface area contributed by atoms with Crippen LogP contribution in [-0.2, 0) is 6.42 Å². The first kappa shape index (κ1) is 21.0. The lowest BCUT2D eigenvalue weighted by molar-refractivity contribution is 0.795. The molecule has 20 heavy (non-hydrogen) atoms. The van der Waals surface area contributed by atoms with Gasteiger partial charge in [-0.3, -0.25) is 5.10 Å². The number of fused-ring (bicyclic) bond motifs is 1. The second-order valence-electron chi connectivity index (χ2n) is 3.85. The van der Waals surface area contributed by atoms with E-state index in [9.17, 15) is 0 Å². The highest BCUT2D eigenvalue weighted by Crippen LogP contribution is 2.19. The number of unbranched alkanes of at least 4 members (excludes halogenated alkanes) is 1. The number of hydrogen-bond donors (Lipinski definition) is 1. The summed E-state index contributed by atoms with van der Waals surface area (Å²) in [5, 5.41) is 8.31. The number of nitrogens with zero attached hydrogens (tertiary/aromatic N) is 1. The Kier molecular flexibility index (Phi) is 14.8. The summed E-state index contributed by atoms with van der Waals surface area (Å²) in [6, 6.07) is 4.50. The second-order valence-corrected chi connectivity index (χ2v) is 3.85. The summed E-state index contributed by atoms with van der Waals surface area (Å²) in [6.07, 6.45) is 5.60. The number of nitrogens with one attached hydrogen (secondary N) is 1. The maximum Gasteiger partial charge on any atom is 0.0679 e. The van der Waals surface area contributed by atoms with Crippen LogP contribution in [0.5, 0.6) is 0 Å². The van der Waals surface area contributed by atoms with Crippen LogP contribution in [0, 0.1) is 6.92 Å². The molecule has 2 heteroatoms. The molecule has 0 saturated heterocycles. The molecular formula is C18H34N2. The van der Waals surface area contributed by atoms with E-state index in [1.165, 1.54) is 41.3 Å². The molecule has 0 bridgehead atoms. The maximum absolute atomic E-state index is 4.06. The van der Waals surface area contributed by atoms with Crippen molar-refractivity contribution in [3.63, 3.8) is 0 Å². The molecule has 0 amide bonds. The highest BCUT2D eigenvalue weighted by Gasteiger charge is 2.01. The van der Waals surface area contributed by atoms with Gasteiger partial charge in [-0.1, -0.05) is 61.0 Å². The fourth-order valence-electron chi connectivity index (χ4n) is 1.84. The number of rotatable bonds is 3. The zero-order valence-electron chi connectivity index (χ0n) is 14.8. The first-order valence-electron chi connectivity index (χ1n) is 8.24. The van der Waals surface area contributed by atoms with Crippen molar-refractivity contribution in [2.24, 2.45) is 0 Å². The van der Waals surface area contributed by atoms with E-state index in [1.807, 2.05) is 47.7 Å². The van der Waals surface area contributed by atoms with Crippen molar-refractivity contribution < 1.29 is 0 Å². The number of aromatic amines is 1. The number of aryl methyl sites for hydroxylation is 2. The Bertz CT molecular complexity index is 430. The van der Waals surface area contributed by atoms with Crippen molar-refractivity contribution >= 4 is 10.9 Å². The molecule has 2 rings (SSSR count). The van der Waals surface area contributed by atoms with Crippen LogP contribution in [0.15, 0.2) is 18.3 Å².